The maximum absolute atomic E-state index is 12.5. The van der Waals surface area contributed by atoms with E-state index in [0.717, 1.165) is 10.0 Å². The van der Waals surface area contributed by atoms with Crippen LogP contribution in [0.3, 0.4) is 0 Å². The van der Waals surface area contributed by atoms with Crippen LogP contribution in [0.15, 0.2) is 38.7 Å². The summed E-state index contributed by atoms with van der Waals surface area (Å²) in [6.07, 6.45) is 2.09. The van der Waals surface area contributed by atoms with E-state index in [9.17, 15) is 9.59 Å². The molecule has 0 bridgehead atoms. The second-order valence-corrected chi connectivity index (χ2v) is 6.68. The Labute approximate surface area is 140 Å². The van der Waals surface area contributed by atoms with E-state index in [4.69, 9.17) is 0 Å². The number of benzene rings is 1. The van der Waals surface area contributed by atoms with Gasteiger partial charge in [-0.05, 0) is 17.9 Å². The van der Waals surface area contributed by atoms with E-state index in [-0.39, 0.29) is 23.8 Å². The number of carbonyl (C=O) groups is 1. The molecule has 0 spiro atoms. The monoisotopic (exact) mass is 379 g/mol. The molecule has 1 aromatic heterocycles. The third-order valence-electron chi connectivity index (χ3n) is 3.76. The number of nitrogens with one attached hydrogen (secondary N) is 1. The van der Waals surface area contributed by atoms with E-state index in [1.165, 1.54) is 11.8 Å². The molecule has 0 radical (unpaired) electrons. The van der Waals surface area contributed by atoms with Gasteiger partial charge in [0, 0.05) is 23.9 Å². The van der Waals surface area contributed by atoms with E-state index in [2.05, 4.69) is 26.2 Å². The number of rotatable bonds is 2. The lowest BCUT2D eigenvalue weighted by molar-refractivity contribution is -0.116. The van der Waals surface area contributed by atoms with Crippen LogP contribution < -0.4 is 10.9 Å². The Morgan fingerprint density at radius 3 is 2.77 bits per heavy atom. The van der Waals surface area contributed by atoms with Crippen LogP contribution in [0.2, 0.25) is 0 Å². The molecular weight excluding hydrogens is 366 g/mol. The fourth-order valence-electron chi connectivity index (χ4n) is 2.74. The van der Waals surface area contributed by atoms with Gasteiger partial charge in [0.2, 0.25) is 5.91 Å². The predicted octanol–water partition coefficient (Wildman–Crippen LogP) is 2.74. The van der Waals surface area contributed by atoms with Gasteiger partial charge in [0.15, 0.2) is 5.16 Å². The number of anilines is 1. The first-order valence-electron chi connectivity index (χ1n) is 6.72. The van der Waals surface area contributed by atoms with Gasteiger partial charge in [-0.15, -0.1) is 0 Å². The average molecular weight is 380 g/mol. The van der Waals surface area contributed by atoms with Gasteiger partial charge in [-0.1, -0.05) is 45.9 Å². The Kier molecular flexibility index (Phi) is 4.10. The molecule has 2 aromatic rings. The fourth-order valence-corrected chi connectivity index (χ4v) is 3.84. The summed E-state index contributed by atoms with van der Waals surface area (Å²) in [5, 5.41) is 3.40. The molecule has 7 heteroatoms. The molecule has 0 unspecified atom stereocenters. The number of nitrogens with zero attached hydrogens (tertiary/aromatic N) is 2. The van der Waals surface area contributed by atoms with Crippen LogP contribution in [0, 0.1) is 0 Å². The number of thioether (sulfide) groups is 1. The molecule has 0 fully saturated rings. The largest absolute Gasteiger partial charge is 0.312 e. The van der Waals surface area contributed by atoms with Crippen LogP contribution in [-0.4, -0.2) is 21.7 Å². The predicted molar refractivity (Wildman–Crippen MR) is 90.5 cm³/mol. The molecule has 3 rings (SSSR count). The topological polar surface area (TPSA) is 64.0 Å². The maximum atomic E-state index is 12.5. The van der Waals surface area contributed by atoms with E-state index in [1.807, 2.05) is 30.5 Å². The minimum Gasteiger partial charge on any atom is -0.312 e. The minimum atomic E-state index is -0.290. The minimum absolute atomic E-state index is 0.0958. The van der Waals surface area contributed by atoms with Gasteiger partial charge in [-0.25, -0.2) is 0 Å². The molecule has 1 atom stereocenters. The quantitative estimate of drug-likeness (QED) is 0.643. The highest BCUT2D eigenvalue weighted by atomic mass is 79.9. The Bertz CT molecular complexity index is 819. The summed E-state index contributed by atoms with van der Waals surface area (Å²) in [6.45, 7) is 0. The zero-order chi connectivity index (χ0) is 15.9. The number of amides is 1. The van der Waals surface area contributed by atoms with Crippen molar-refractivity contribution in [1.29, 1.82) is 0 Å². The van der Waals surface area contributed by atoms with Crippen molar-refractivity contribution in [1.82, 2.24) is 9.55 Å². The zero-order valence-corrected chi connectivity index (χ0v) is 14.5. The summed E-state index contributed by atoms with van der Waals surface area (Å²) in [6, 6.07) is 7.65. The van der Waals surface area contributed by atoms with Crippen molar-refractivity contribution in [2.45, 2.75) is 17.5 Å². The number of carbonyl (C=O) groups excluding carboxylic acids is 1. The fraction of sp³-hybridized carbons (Fsp3) is 0.267. The van der Waals surface area contributed by atoms with Gasteiger partial charge in [-0.3, -0.25) is 9.59 Å². The molecular formula is C15H14BrN3O2S. The Hall–Kier alpha value is -1.60. The van der Waals surface area contributed by atoms with E-state index in [0.29, 0.717) is 16.5 Å². The Morgan fingerprint density at radius 1 is 1.36 bits per heavy atom. The highest BCUT2D eigenvalue weighted by Crippen LogP contribution is 2.38. The SMILES string of the molecule is CSc1nc(=O)c2c(n1C)NC(=O)C[C@@H]2c1ccccc1Br. The molecule has 114 valence electrons. The highest BCUT2D eigenvalue weighted by Gasteiger charge is 2.32. The van der Waals surface area contributed by atoms with E-state index in [1.54, 1.807) is 11.6 Å². The van der Waals surface area contributed by atoms with Crippen molar-refractivity contribution in [3.63, 3.8) is 0 Å². The summed E-state index contributed by atoms with van der Waals surface area (Å²) in [5.41, 5.74) is 1.19. The first-order chi connectivity index (χ1) is 10.5. The molecule has 1 aliphatic rings. The van der Waals surface area contributed by atoms with Crippen molar-refractivity contribution in [3.8, 4) is 0 Å². The van der Waals surface area contributed by atoms with Gasteiger partial charge in [0.05, 0.1) is 5.56 Å². The molecule has 0 aliphatic carbocycles. The molecule has 22 heavy (non-hydrogen) atoms. The van der Waals surface area contributed by atoms with Crippen molar-refractivity contribution in [2.24, 2.45) is 7.05 Å². The molecule has 1 aliphatic heterocycles. The van der Waals surface area contributed by atoms with Crippen LogP contribution in [0.1, 0.15) is 23.5 Å². The van der Waals surface area contributed by atoms with Crippen molar-refractivity contribution in [3.05, 3.63) is 50.2 Å². The zero-order valence-electron chi connectivity index (χ0n) is 12.1. The third-order valence-corrected chi connectivity index (χ3v) is 5.22. The number of hydrogen-bond donors (Lipinski definition) is 1. The summed E-state index contributed by atoms with van der Waals surface area (Å²) in [5.74, 6) is 0.157. The summed E-state index contributed by atoms with van der Waals surface area (Å²) >= 11 is 4.88. The number of fused-ring (bicyclic) bond motifs is 1. The van der Waals surface area contributed by atoms with Crippen LogP contribution >= 0.6 is 27.7 Å². The van der Waals surface area contributed by atoms with E-state index >= 15 is 0 Å². The second kappa shape index (κ2) is 5.89. The Morgan fingerprint density at radius 2 is 2.09 bits per heavy atom. The third kappa shape index (κ3) is 2.48. The number of hydrogen-bond acceptors (Lipinski definition) is 4. The molecule has 0 saturated heterocycles. The summed E-state index contributed by atoms with van der Waals surface area (Å²) in [7, 11) is 1.81. The lowest BCUT2D eigenvalue weighted by Crippen LogP contribution is -2.33. The molecule has 5 nitrogen and oxygen atoms in total. The second-order valence-electron chi connectivity index (χ2n) is 5.05. The van der Waals surface area contributed by atoms with Crippen molar-refractivity contribution < 1.29 is 4.79 Å². The molecule has 2 heterocycles. The van der Waals surface area contributed by atoms with E-state index < -0.39 is 0 Å². The lowest BCUT2D eigenvalue weighted by atomic mass is 9.87. The smallest absolute Gasteiger partial charge is 0.279 e. The Balaban J connectivity index is 2.27. The molecule has 1 aromatic carbocycles. The van der Waals surface area contributed by atoms with Crippen LogP contribution in [0.5, 0.6) is 0 Å². The van der Waals surface area contributed by atoms with Crippen LogP contribution in [0.4, 0.5) is 5.82 Å². The number of halogens is 1. The van der Waals surface area contributed by atoms with Crippen LogP contribution in [-0.2, 0) is 11.8 Å². The van der Waals surface area contributed by atoms with Crippen molar-refractivity contribution >= 4 is 39.4 Å². The molecule has 1 amide bonds. The first-order valence-corrected chi connectivity index (χ1v) is 8.74. The highest BCUT2D eigenvalue weighted by molar-refractivity contribution is 9.10. The lowest BCUT2D eigenvalue weighted by Gasteiger charge is -2.27. The standard InChI is InChI=1S/C15H14BrN3O2S/c1-19-13-12(14(21)18-15(19)22-2)9(7-11(20)17-13)8-5-3-4-6-10(8)16/h3-6,9H,7H2,1-2H3,(H,17,20)/t9-/m1/s1. The van der Waals surface area contributed by atoms with Gasteiger partial charge < -0.3 is 9.88 Å². The van der Waals surface area contributed by atoms with Gasteiger partial charge in [0.1, 0.15) is 5.82 Å². The number of aromatic nitrogens is 2. The van der Waals surface area contributed by atoms with Crippen LogP contribution in [0.25, 0.3) is 0 Å². The first kappa shape index (κ1) is 15.3. The average Bonchev–Trinajstić information content (AvgIpc) is 2.50. The maximum Gasteiger partial charge on any atom is 0.279 e. The normalized spacial score (nSPS) is 17.0. The molecule has 1 N–H and O–H groups in total. The molecule has 0 saturated carbocycles. The summed E-state index contributed by atoms with van der Waals surface area (Å²) in [4.78, 5) is 28.7. The van der Waals surface area contributed by atoms with Gasteiger partial charge in [-0.2, -0.15) is 4.98 Å². The van der Waals surface area contributed by atoms with Gasteiger partial charge >= 0.3 is 0 Å². The summed E-state index contributed by atoms with van der Waals surface area (Å²) < 4.78 is 2.65. The van der Waals surface area contributed by atoms with Crippen molar-refractivity contribution in [2.75, 3.05) is 11.6 Å². The van der Waals surface area contributed by atoms with Gasteiger partial charge in [0.25, 0.3) is 5.56 Å².